The molecular weight excluding hydrogens is 610 g/mol. The number of methoxy groups -OCH3 is 1. The van der Waals surface area contributed by atoms with Crippen LogP contribution in [0.1, 0.15) is 62.3 Å². The Kier molecular flexibility index (Phi) is 10.0. The van der Waals surface area contributed by atoms with E-state index >= 15 is 0 Å². The fourth-order valence-electron chi connectivity index (χ4n) is 7.36. The van der Waals surface area contributed by atoms with E-state index in [9.17, 15) is 19.7 Å². The number of fused-ring (bicyclic) bond motifs is 2. The van der Waals surface area contributed by atoms with Gasteiger partial charge in [0.1, 0.15) is 0 Å². The number of nitro groups is 1. The highest BCUT2D eigenvalue weighted by Crippen LogP contribution is 2.40. The second-order valence-corrected chi connectivity index (χ2v) is 12.9. The Morgan fingerprint density at radius 1 is 1.02 bits per heavy atom. The van der Waals surface area contributed by atoms with Gasteiger partial charge in [-0.25, -0.2) is 9.59 Å². The number of piperidine rings is 1. The number of dihydropyridines is 1. The lowest BCUT2D eigenvalue weighted by Crippen LogP contribution is -2.38. The summed E-state index contributed by atoms with van der Waals surface area (Å²) in [6.07, 6.45) is 6.30. The number of nitro benzene ring substituents is 1. The summed E-state index contributed by atoms with van der Waals surface area (Å²) in [5.41, 5.74) is 6.73. The molecular formula is C37H43N5O6. The molecule has 2 N–H and O–H groups in total. The van der Waals surface area contributed by atoms with Crippen LogP contribution in [0.5, 0.6) is 0 Å². The van der Waals surface area contributed by atoms with E-state index in [4.69, 9.17) is 14.5 Å². The predicted octanol–water partition coefficient (Wildman–Crippen LogP) is 5.80. The fraction of sp³-hybridized carbons (Fsp3) is 0.432. The predicted molar refractivity (Wildman–Crippen MR) is 183 cm³/mol. The van der Waals surface area contributed by atoms with Crippen molar-refractivity contribution in [2.45, 2.75) is 58.3 Å². The van der Waals surface area contributed by atoms with Gasteiger partial charge in [0.2, 0.25) is 0 Å². The molecule has 0 radical (unpaired) electrons. The molecule has 3 aliphatic rings. The highest BCUT2D eigenvalue weighted by atomic mass is 16.6. The Labute approximate surface area is 280 Å². The number of carbonyl (C=O) groups excluding carboxylic acids is 2. The molecule has 3 heterocycles. The molecule has 0 bridgehead atoms. The van der Waals surface area contributed by atoms with Gasteiger partial charge in [0.25, 0.3) is 5.69 Å². The molecule has 1 atom stereocenters. The molecule has 2 aliphatic heterocycles. The molecule has 1 aliphatic carbocycles. The van der Waals surface area contributed by atoms with Gasteiger partial charge < -0.3 is 25.0 Å². The largest absolute Gasteiger partial charge is 0.466 e. The molecule has 1 aromatic heterocycles. The van der Waals surface area contributed by atoms with Gasteiger partial charge in [0.15, 0.2) is 0 Å². The average Bonchev–Trinajstić information content (AvgIpc) is 3.10. The summed E-state index contributed by atoms with van der Waals surface area (Å²) in [4.78, 5) is 45.1. The van der Waals surface area contributed by atoms with Crippen LogP contribution in [0.4, 0.5) is 11.4 Å². The average molecular weight is 654 g/mol. The normalized spacial score (nSPS) is 18.7. The maximum atomic E-state index is 13.7. The van der Waals surface area contributed by atoms with Crippen LogP contribution in [-0.4, -0.2) is 66.6 Å². The number of hydrogen-bond acceptors (Lipinski definition) is 10. The van der Waals surface area contributed by atoms with Crippen molar-refractivity contribution in [1.29, 1.82) is 0 Å². The Hall–Kier alpha value is -4.77. The molecule has 3 aromatic rings. The first-order valence-corrected chi connectivity index (χ1v) is 16.8. The van der Waals surface area contributed by atoms with Gasteiger partial charge in [-0.2, -0.15) is 0 Å². The molecule has 0 saturated carbocycles. The van der Waals surface area contributed by atoms with E-state index in [1.54, 1.807) is 26.0 Å². The third-order valence-electron chi connectivity index (χ3n) is 9.86. The lowest BCUT2D eigenvalue weighted by Gasteiger charge is -2.33. The second kappa shape index (κ2) is 14.6. The smallest absolute Gasteiger partial charge is 0.336 e. The van der Waals surface area contributed by atoms with E-state index in [1.165, 1.54) is 54.4 Å². The number of non-ortho nitro benzene ring substituents is 1. The summed E-state index contributed by atoms with van der Waals surface area (Å²) in [7, 11) is 1.27. The number of benzene rings is 2. The van der Waals surface area contributed by atoms with Gasteiger partial charge in [-0.05, 0) is 88.6 Å². The minimum Gasteiger partial charge on any atom is -0.466 e. The summed E-state index contributed by atoms with van der Waals surface area (Å²) < 4.78 is 11.0. The van der Waals surface area contributed by atoms with E-state index in [-0.39, 0.29) is 29.4 Å². The van der Waals surface area contributed by atoms with Crippen molar-refractivity contribution in [3.05, 3.63) is 98.0 Å². The minimum atomic E-state index is -0.872. The number of aryl methyl sites for hydroxylation is 1. The first-order chi connectivity index (χ1) is 23.2. The van der Waals surface area contributed by atoms with Crippen molar-refractivity contribution < 1.29 is 24.0 Å². The van der Waals surface area contributed by atoms with E-state index in [2.05, 4.69) is 33.7 Å². The van der Waals surface area contributed by atoms with Crippen LogP contribution in [0.15, 0.2) is 71.1 Å². The monoisotopic (exact) mass is 653 g/mol. The minimum absolute atomic E-state index is 0.131. The van der Waals surface area contributed by atoms with Crippen molar-refractivity contribution >= 4 is 34.2 Å². The van der Waals surface area contributed by atoms with Crippen LogP contribution in [-0.2, 0) is 31.9 Å². The maximum Gasteiger partial charge on any atom is 0.336 e. The number of carbonyl (C=O) groups is 2. The van der Waals surface area contributed by atoms with Crippen molar-refractivity contribution in [3.63, 3.8) is 0 Å². The van der Waals surface area contributed by atoms with Crippen molar-refractivity contribution in [1.82, 2.24) is 15.2 Å². The van der Waals surface area contributed by atoms with Crippen LogP contribution in [0.3, 0.4) is 0 Å². The molecule has 48 heavy (non-hydrogen) atoms. The van der Waals surface area contributed by atoms with E-state index in [0.717, 1.165) is 57.4 Å². The zero-order valence-corrected chi connectivity index (χ0v) is 27.8. The van der Waals surface area contributed by atoms with Crippen molar-refractivity contribution in [2.24, 2.45) is 5.92 Å². The Bertz CT molecular complexity index is 1790. The fourth-order valence-corrected chi connectivity index (χ4v) is 7.36. The molecule has 1 fully saturated rings. The second-order valence-electron chi connectivity index (χ2n) is 12.9. The molecule has 11 nitrogen and oxygen atoms in total. The molecule has 1 unspecified atom stereocenters. The number of aromatic nitrogens is 1. The van der Waals surface area contributed by atoms with Gasteiger partial charge in [0, 0.05) is 53.4 Å². The van der Waals surface area contributed by atoms with Gasteiger partial charge in [-0.1, -0.05) is 30.3 Å². The molecule has 1 saturated heterocycles. The number of ether oxygens (including phenoxy) is 2. The number of anilines is 1. The molecule has 11 heteroatoms. The maximum absolute atomic E-state index is 13.7. The third-order valence-corrected chi connectivity index (χ3v) is 9.86. The topological polar surface area (TPSA) is 136 Å². The first-order valence-electron chi connectivity index (χ1n) is 16.8. The summed E-state index contributed by atoms with van der Waals surface area (Å²) >= 11 is 0. The van der Waals surface area contributed by atoms with Gasteiger partial charge in [-0.15, -0.1) is 0 Å². The van der Waals surface area contributed by atoms with Crippen LogP contribution in [0, 0.1) is 16.0 Å². The Morgan fingerprint density at radius 3 is 2.50 bits per heavy atom. The number of esters is 2. The SMILES string of the molecule is COC(=O)C1=C(C)NC(C)=C(C(=O)OCC2CCN(CCNc3c4c(nc5ccccc35)CCCC4)CC2)C1c1cccc([N+](=O)[O-])c1. The number of hydrogen-bond donors (Lipinski definition) is 2. The van der Waals surface area contributed by atoms with E-state index in [0.29, 0.717) is 17.0 Å². The zero-order valence-electron chi connectivity index (χ0n) is 27.8. The number of pyridine rings is 1. The number of likely N-dealkylation sites (tertiary alicyclic amines) is 1. The number of para-hydroxylation sites is 1. The Balaban J connectivity index is 1.07. The standard InChI is InChI=1S/C37H43N5O6/c1-23-32(36(43)47-3)34(26-9-8-10-27(21-26)42(45)46)33(24(2)39-23)37(44)48-22-25-15-18-41(19-16-25)20-17-38-35-28-11-4-6-13-30(28)40-31-14-7-5-12-29(31)35/h4,6,8-11,13,21,25,34,39H,5,7,12,14-20,22H2,1-3H3,(H,38,40). The highest BCUT2D eigenvalue weighted by molar-refractivity contribution is 6.00. The first kappa shape index (κ1) is 33.1. The molecule has 6 rings (SSSR count). The summed E-state index contributed by atoms with van der Waals surface area (Å²) in [6.45, 7) is 7.31. The van der Waals surface area contributed by atoms with Crippen LogP contribution in [0.2, 0.25) is 0 Å². The third kappa shape index (κ3) is 6.92. The lowest BCUT2D eigenvalue weighted by atomic mass is 9.80. The number of nitrogens with zero attached hydrogens (tertiary/aromatic N) is 3. The zero-order chi connectivity index (χ0) is 33.8. The van der Waals surface area contributed by atoms with Crippen molar-refractivity contribution in [2.75, 3.05) is 45.2 Å². The summed E-state index contributed by atoms with van der Waals surface area (Å²) in [5.74, 6) is -1.83. The van der Waals surface area contributed by atoms with Gasteiger partial charge in [-0.3, -0.25) is 15.1 Å². The molecule has 0 amide bonds. The lowest BCUT2D eigenvalue weighted by molar-refractivity contribution is -0.384. The molecule has 2 aromatic carbocycles. The summed E-state index contributed by atoms with van der Waals surface area (Å²) in [5, 5.41) is 19.6. The summed E-state index contributed by atoms with van der Waals surface area (Å²) in [6, 6.07) is 14.4. The van der Waals surface area contributed by atoms with Crippen LogP contribution < -0.4 is 10.6 Å². The number of rotatable bonds is 10. The van der Waals surface area contributed by atoms with Crippen LogP contribution >= 0.6 is 0 Å². The van der Waals surface area contributed by atoms with Crippen LogP contribution in [0.25, 0.3) is 10.9 Å². The number of allylic oxidation sites excluding steroid dienone is 2. The van der Waals surface area contributed by atoms with Gasteiger partial charge >= 0.3 is 11.9 Å². The quantitative estimate of drug-likeness (QED) is 0.157. The van der Waals surface area contributed by atoms with E-state index < -0.39 is 22.8 Å². The van der Waals surface area contributed by atoms with Crippen molar-refractivity contribution in [3.8, 4) is 0 Å². The highest BCUT2D eigenvalue weighted by Gasteiger charge is 2.38. The van der Waals surface area contributed by atoms with Gasteiger partial charge in [0.05, 0.1) is 41.2 Å². The molecule has 0 spiro atoms. The molecule has 252 valence electrons. The van der Waals surface area contributed by atoms with E-state index in [1.807, 2.05) is 6.07 Å². The number of nitrogens with one attached hydrogen (secondary N) is 2. The Morgan fingerprint density at radius 2 is 1.75 bits per heavy atom.